The van der Waals surface area contributed by atoms with E-state index in [4.69, 9.17) is 6.42 Å². The summed E-state index contributed by atoms with van der Waals surface area (Å²) in [6.07, 6.45) is 6.75. The van der Waals surface area contributed by atoms with Crippen LogP contribution in [0.2, 0.25) is 0 Å². The van der Waals surface area contributed by atoms with Crippen LogP contribution >= 0.6 is 0 Å². The van der Waals surface area contributed by atoms with Crippen molar-refractivity contribution in [2.45, 2.75) is 39.7 Å². The van der Waals surface area contributed by atoms with Gasteiger partial charge in [0, 0.05) is 11.5 Å². The Morgan fingerprint density at radius 1 is 1.33 bits per heavy atom. The molecule has 0 saturated carbocycles. The Kier molecular flexibility index (Phi) is 6.16. The fourth-order valence-electron chi connectivity index (χ4n) is 3.31. The number of ketones is 1. The maximum atomic E-state index is 12.8. The topological polar surface area (TPSA) is 49.4 Å². The lowest BCUT2D eigenvalue weighted by molar-refractivity contribution is -0.126. The number of terminal acetylenes is 1. The van der Waals surface area contributed by atoms with E-state index in [0.717, 1.165) is 37.1 Å². The van der Waals surface area contributed by atoms with Crippen LogP contribution in [0.25, 0.3) is 0 Å². The Hall–Kier alpha value is -2.12. The number of piperidine rings is 1. The zero-order chi connectivity index (χ0) is 17.7. The smallest absolute Gasteiger partial charge is 0.237 e. The van der Waals surface area contributed by atoms with Gasteiger partial charge < -0.3 is 5.32 Å². The second-order valence-electron chi connectivity index (χ2n) is 6.59. The highest BCUT2D eigenvalue weighted by Gasteiger charge is 2.30. The van der Waals surface area contributed by atoms with Gasteiger partial charge in [0.05, 0.1) is 12.6 Å². The molecule has 4 nitrogen and oxygen atoms in total. The molecule has 2 rings (SSSR count). The Balaban J connectivity index is 1.93. The standard InChI is InChI=1S/C20H26N2O2/c1-5-10-21-20(24)16(4)22-11-8-17(9-12-22)19(23)18-7-6-14(2)13-15(18)3/h1,6-7,13,16-17H,8-12H2,2-4H3,(H,21,24). The third-order valence-corrected chi connectivity index (χ3v) is 4.84. The van der Waals surface area contributed by atoms with Crippen molar-refractivity contribution in [1.29, 1.82) is 0 Å². The summed E-state index contributed by atoms with van der Waals surface area (Å²) in [7, 11) is 0. The van der Waals surface area contributed by atoms with Crippen LogP contribution in [-0.4, -0.2) is 42.3 Å². The van der Waals surface area contributed by atoms with E-state index in [1.54, 1.807) is 0 Å². The number of nitrogens with one attached hydrogen (secondary N) is 1. The summed E-state index contributed by atoms with van der Waals surface area (Å²) in [6, 6.07) is 5.78. The lowest BCUT2D eigenvalue weighted by Crippen LogP contribution is -2.49. The van der Waals surface area contributed by atoms with E-state index < -0.39 is 0 Å². The van der Waals surface area contributed by atoms with Crippen molar-refractivity contribution in [3.63, 3.8) is 0 Å². The molecule has 1 aromatic carbocycles. The maximum absolute atomic E-state index is 12.8. The molecule has 0 aliphatic carbocycles. The molecule has 0 bridgehead atoms. The van der Waals surface area contributed by atoms with E-state index >= 15 is 0 Å². The molecule has 1 N–H and O–H groups in total. The van der Waals surface area contributed by atoms with Crippen molar-refractivity contribution in [3.05, 3.63) is 34.9 Å². The summed E-state index contributed by atoms with van der Waals surface area (Å²) in [4.78, 5) is 26.9. The first kappa shape index (κ1) is 18.2. The van der Waals surface area contributed by atoms with Crippen LogP contribution in [0.5, 0.6) is 0 Å². The molecule has 1 fully saturated rings. The molecule has 1 heterocycles. The Morgan fingerprint density at radius 2 is 2.00 bits per heavy atom. The van der Waals surface area contributed by atoms with Crippen LogP contribution in [0, 0.1) is 32.1 Å². The van der Waals surface area contributed by atoms with Crippen LogP contribution in [0.1, 0.15) is 41.3 Å². The normalized spacial score (nSPS) is 17.1. The van der Waals surface area contributed by atoms with Crippen molar-refractivity contribution < 1.29 is 9.59 Å². The van der Waals surface area contributed by atoms with Crippen LogP contribution in [0.3, 0.4) is 0 Å². The van der Waals surface area contributed by atoms with Crippen molar-refractivity contribution in [1.82, 2.24) is 10.2 Å². The minimum absolute atomic E-state index is 0.0450. The van der Waals surface area contributed by atoms with Gasteiger partial charge in [-0.2, -0.15) is 0 Å². The second kappa shape index (κ2) is 8.12. The molecule has 0 radical (unpaired) electrons. The number of rotatable bonds is 5. The van der Waals surface area contributed by atoms with E-state index in [-0.39, 0.29) is 30.2 Å². The van der Waals surface area contributed by atoms with Gasteiger partial charge in [0.15, 0.2) is 5.78 Å². The highest BCUT2D eigenvalue weighted by molar-refractivity contribution is 5.99. The number of hydrogen-bond donors (Lipinski definition) is 1. The molecule has 0 spiro atoms. The summed E-state index contributed by atoms with van der Waals surface area (Å²) in [5, 5.41) is 2.72. The molecule has 1 aromatic rings. The zero-order valence-corrected chi connectivity index (χ0v) is 14.8. The number of Topliss-reactive ketones (excluding diaryl/α,β-unsaturated/α-hetero) is 1. The van der Waals surface area contributed by atoms with E-state index in [9.17, 15) is 9.59 Å². The van der Waals surface area contributed by atoms with E-state index in [0.29, 0.717) is 0 Å². The molecule has 1 aliphatic rings. The number of carbonyl (C=O) groups is 2. The van der Waals surface area contributed by atoms with Gasteiger partial charge in [0.1, 0.15) is 0 Å². The van der Waals surface area contributed by atoms with Gasteiger partial charge in [0.25, 0.3) is 0 Å². The number of carbonyl (C=O) groups excluding carboxylic acids is 2. The van der Waals surface area contributed by atoms with Gasteiger partial charge in [0.2, 0.25) is 5.91 Å². The Bertz CT molecular complexity index is 652. The highest BCUT2D eigenvalue weighted by Crippen LogP contribution is 2.24. The van der Waals surface area contributed by atoms with Crippen LogP contribution in [0.4, 0.5) is 0 Å². The quantitative estimate of drug-likeness (QED) is 0.667. The highest BCUT2D eigenvalue weighted by atomic mass is 16.2. The first-order valence-electron chi connectivity index (χ1n) is 8.50. The van der Waals surface area contributed by atoms with Gasteiger partial charge in [-0.15, -0.1) is 6.42 Å². The number of hydrogen-bond acceptors (Lipinski definition) is 3. The maximum Gasteiger partial charge on any atom is 0.237 e. The summed E-state index contributed by atoms with van der Waals surface area (Å²) in [5.41, 5.74) is 3.05. The monoisotopic (exact) mass is 326 g/mol. The van der Waals surface area contributed by atoms with Crippen molar-refractivity contribution in [3.8, 4) is 12.3 Å². The van der Waals surface area contributed by atoms with Gasteiger partial charge in [-0.1, -0.05) is 29.7 Å². The number of aryl methyl sites for hydroxylation is 2. The van der Waals surface area contributed by atoms with E-state index in [2.05, 4.69) is 22.2 Å². The van der Waals surface area contributed by atoms with Gasteiger partial charge in [-0.05, 0) is 52.3 Å². The molecule has 1 unspecified atom stereocenters. The summed E-state index contributed by atoms with van der Waals surface area (Å²) >= 11 is 0. The first-order valence-corrected chi connectivity index (χ1v) is 8.50. The minimum Gasteiger partial charge on any atom is -0.344 e. The Labute approximate surface area is 144 Å². The molecule has 4 heteroatoms. The molecule has 1 aliphatic heterocycles. The molecule has 1 saturated heterocycles. The van der Waals surface area contributed by atoms with E-state index in [1.807, 2.05) is 32.9 Å². The minimum atomic E-state index is -0.212. The van der Waals surface area contributed by atoms with Crippen LogP contribution in [-0.2, 0) is 4.79 Å². The first-order chi connectivity index (χ1) is 11.4. The average molecular weight is 326 g/mol. The predicted molar refractivity (Wildman–Crippen MR) is 95.8 cm³/mol. The molecule has 1 atom stereocenters. The molecule has 1 amide bonds. The molecule has 0 aromatic heterocycles. The van der Waals surface area contributed by atoms with Crippen LogP contribution < -0.4 is 5.32 Å². The lowest BCUT2D eigenvalue weighted by atomic mass is 9.86. The lowest BCUT2D eigenvalue weighted by Gasteiger charge is -2.34. The third kappa shape index (κ3) is 4.24. The number of amides is 1. The number of likely N-dealkylation sites (tertiary alicyclic amines) is 1. The summed E-state index contributed by atoms with van der Waals surface area (Å²) < 4.78 is 0. The van der Waals surface area contributed by atoms with Gasteiger partial charge in [-0.25, -0.2) is 0 Å². The molecular formula is C20H26N2O2. The van der Waals surface area contributed by atoms with Crippen molar-refractivity contribution in [2.24, 2.45) is 5.92 Å². The SMILES string of the molecule is C#CCNC(=O)C(C)N1CCC(C(=O)c2ccc(C)cc2C)CC1. The van der Waals surface area contributed by atoms with Gasteiger partial charge in [-0.3, -0.25) is 14.5 Å². The third-order valence-electron chi connectivity index (χ3n) is 4.84. The number of benzene rings is 1. The Morgan fingerprint density at radius 3 is 2.58 bits per heavy atom. The summed E-state index contributed by atoms with van der Waals surface area (Å²) in [6.45, 7) is 7.68. The average Bonchev–Trinajstić information content (AvgIpc) is 2.58. The molecule has 128 valence electrons. The van der Waals surface area contributed by atoms with Crippen molar-refractivity contribution >= 4 is 11.7 Å². The van der Waals surface area contributed by atoms with Gasteiger partial charge >= 0.3 is 0 Å². The largest absolute Gasteiger partial charge is 0.344 e. The molecule has 24 heavy (non-hydrogen) atoms. The predicted octanol–water partition coefficient (Wildman–Crippen LogP) is 2.34. The van der Waals surface area contributed by atoms with Crippen molar-refractivity contribution in [2.75, 3.05) is 19.6 Å². The fourth-order valence-corrected chi connectivity index (χ4v) is 3.31. The second-order valence-corrected chi connectivity index (χ2v) is 6.59. The van der Waals surface area contributed by atoms with E-state index in [1.165, 1.54) is 5.56 Å². The fraction of sp³-hybridized carbons (Fsp3) is 0.500. The van der Waals surface area contributed by atoms with Crippen LogP contribution in [0.15, 0.2) is 18.2 Å². The molecular weight excluding hydrogens is 300 g/mol. The summed E-state index contributed by atoms with van der Waals surface area (Å²) in [5.74, 6) is 2.64. The number of nitrogens with zero attached hydrogens (tertiary/aromatic N) is 1. The zero-order valence-electron chi connectivity index (χ0n) is 14.8.